The van der Waals surface area contributed by atoms with Crippen molar-refractivity contribution in [2.24, 2.45) is 0 Å². The van der Waals surface area contributed by atoms with Crippen molar-refractivity contribution in [1.82, 2.24) is 0 Å². The first-order valence-corrected chi connectivity index (χ1v) is 5.67. The second-order valence-corrected chi connectivity index (χ2v) is 4.65. The standard InChI is InChI=1S/C6H12O7S/c1-14(10,11)13-5-4(8)3(7)2-12-6(5)9/h3-9H,2H2,1H3/t3-,4-,5-,6-/m1/s1. The van der Waals surface area contributed by atoms with Crippen molar-refractivity contribution in [1.29, 1.82) is 0 Å². The van der Waals surface area contributed by atoms with Gasteiger partial charge in [0.2, 0.25) is 0 Å². The van der Waals surface area contributed by atoms with Gasteiger partial charge in [0.25, 0.3) is 10.1 Å². The van der Waals surface area contributed by atoms with Crippen molar-refractivity contribution in [3.05, 3.63) is 0 Å². The summed E-state index contributed by atoms with van der Waals surface area (Å²) in [6, 6.07) is 0. The van der Waals surface area contributed by atoms with Crippen LogP contribution in [0.4, 0.5) is 0 Å². The molecule has 1 fully saturated rings. The van der Waals surface area contributed by atoms with Gasteiger partial charge in [0, 0.05) is 0 Å². The topological polar surface area (TPSA) is 113 Å². The van der Waals surface area contributed by atoms with E-state index in [0.29, 0.717) is 0 Å². The Bertz CT molecular complexity index is 287. The Morgan fingerprint density at radius 1 is 1.36 bits per heavy atom. The van der Waals surface area contributed by atoms with E-state index >= 15 is 0 Å². The molecule has 0 amide bonds. The molecule has 0 unspecified atom stereocenters. The molecule has 0 aromatic heterocycles. The highest BCUT2D eigenvalue weighted by Gasteiger charge is 2.40. The predicted molar refractivity (Wildman–Crippen MR) is 43.7 cm³/mol. The fraction of sp³-hybridized carbons (Fsp3) is 1.00. The van der Waals surface area contributed by atoms with Gasteiger partial charge >= 0.3 is 0 Å². The number of ether oxygens (including phenoxy) is 1. The first-order chi connectivity index (χ1) is 6.31. The summed E-state index contributed by atoms with van der Waals surface area (Å²) < 4.78 is 30.4. The maximum Gasteiger partial charge on any atom is 0.264 e. The van der Waals surface area contributed by atoms with Gasteiger partial charge in [0.15, 0.2) is 12.4 Å². The number of aliphatic hydroxyl groups excluding tert-OH is 3. The summed E-state index contributed by atoms with van der Waals surface area (Å²) in [6.07, 6.45) is -5.05. The van der Waals surface area contributed by atoms with E-state index in [1.54, 1.807) is 0 Å². The quantitative estimate of drug-likeness (QED) is 0.444. The molecule has 14 heavy (non-hydrogen) atoms. The maximum absolute atomic E-state index is 10.7. The lowest BCUT2D eigenvalue weighted by molar-refractivity contribution is -0.243. The van der Waals surface area contributed by atoms with E-state index < -0.39 is 34.7 Å². The van der Waals surface area contributed by atoms with E-state index in [2.05, 4.69) is 8.92 Å². The van der Waals surface area contributed by atoms with Gasteiger partial charge in [0.1, 0.15) is 12.2 Å². The fourth-order valence-corrected chi connectivity index (χ4v) is 1.70. The highest BCUT2D eigenvalue weighted by atomic mass is 32.2. The van der Waals surface area contributed by atoms with Crippen molar-refractivity contribution in [3.63, 3.8) is 0 Å². The molecule has 1 aliphatic heterocycles. The Kier molecular flexibility index (Phi) is 3.45. The van der Waals surface area contributed by atoms with Crippen molar-refractivity contribution < 1.29 is 32.7 Å². The van der Waals surface area contributed by atoms with Gasteiger partial charge in [-0.1, -0.05) is 0 Å². The largest absolute Gasteiger partial charge is 0.388 e. The van der Waals surface area contributed by atoms with E-state index in [-0.39, 0.29) is 6.61 Å². The van der Waals surface area contributed by atoms with Gasteiger partial charge in [-0.25, -0.2) is 0 Å². The summed E-state index contributed by atoms with van der Waals surface area (Å²) in [5, 5.41) is 27.5. The zero-order valence-corrected chi connectivity index (χ0v) is 8.22. The zero-order chi connectivity index (χ0) is 10.9. The second kappa shape index (κ2) is 4.09. The Balaban J connectivity index is 2.73. The molecule has 4 atom stereocenters. The summed E-state index contributed by atoms with van der Waals surface area (Å²) in [5.74, 6) is 0. The van der Waals surface area contributed by atoms with Gasteiger partial charge in [0.05, 0.1) is 12.9 Å². The number of rotatable bonds is 2. The lowest BCUT2D eigenvalue weighted by Crippen LogP contribution is -2.54. The molecule has 0 bridgehead atoms. The molecule has 1 saturated heterocycles. The Morgan fingerprint density at radius 3 is 2.43 bits per heavy atom. The van der Waals surface area contributed by atoms with Crippen LogP contribution >= 0.6 is 0 Å². The molecule has 0 saturated carbocycles. The average molecular weight is 228 g/mol. The maximum atomic E-state index is 10.7. The molecule has 8 heteroatoms. The molecule has 1 heterocycles. The number of hydrogen-bond acceptors (Lipinski definition) is 7. The Morgan fingerprint density at radius 2 is 1.93 bits per heavy atom. The van der Waals surface area contributed by atoms with E-state index in [0.717, 1.165) is 6.26 Å². The Labute approximate surface area is 81.0 Å². The van der Waals surface area contributed by atoms with E-state index in [1.807, 2.05) is 0 Å². The van der Waals surface area contributed by atoms with E-state index in [4.69, 9.17) is 10.2 Å². The fourth-order valence-electron chi connectivity index (χ4n) is 1.08. The van der Waals surface area contributed by atoms with Gasteiger partial charge < -0.3 is 20.1 Å². The van der Waals surface area contributed by atoms with Crippen molar-refractivity contribution >= 4 is 10.1 Å². The van der Waals surface area contributed by atoms with Crippen LogP contribution in [0.5, 0.6) is 0 Å². The molecule has 7 nitrogen and oxygen atoms in total. The van der Waals surface area contributed by atoms with Crippen LogP contribution in [-0.4, -0.2) is 61.2 Å². The van der Waals surface area contributed by atoms with Gasteiger partial charge in [-0.3, -0.25) is 4.18 Å². The molecule has 0 spiro atoms. The molecule has 0 aromatic carbocycles. The van der Waals surface area contributed by atoms with Crippen LogP contribution in [0.25, 0.3) is 0 Å². The van der Waals surface area contributed by atoms with Crippen LogP contribution in [0, 0.1) is 0 Å². The Hall–Kier alpha value is -0.250. The normalized spacial score (nSPS) is 39.7. The molecule has 0 aromatic rings. The predicted octanol–water partition coefficient (Wildman–Crippen LogP) is -2.60. The summed E-state index contributed by atoms with van der Waals surface area (Å²) >= 11 is 0. The minimum atomic E-state index is -3.82. The summed E-state index contributed by atoms with van der Waals surface area (Å²) in [7, 11) is -3.82. The third-order valence-corrected chi connectivity index (χ3v) is 2.31. The third-order valence-electron chi connectivity index (χ3n) is 1.74. The lowest BCUT2D eigenvalue weighted by atomic mass is 10.1. The molecular formula is C6H12O7S. The molecule has 3 N–H and O–H groups in total. The van der Waals surface area contributed by atoms with Crippen molar-refractivity contribution in [3.8, 4) is 0 Å². The first kappa shape index (κ1) is 11.8. The highest BCUT2D eigenvalue weighted by molar-refractivity contribution is 7.86. The van der Waals surface area contributed by atoms with Gasteiger partial charge in [-0.2, -0.15) is 8.42 Å². The minimum absolute atomic E-state index is 0.272. The van der Waals surface area contributed by atoms with Crippen molar-refractivity contribution in [2.45, 2.75) is 24.6 Å². The highest BCUT2D eigenvalue weighted by Crippen LogP contribution is 2.18. The summed E-state index contributed by atoms with van der Waals surface area (Å²) in [4.78, 5) is 0. The lowest BCUT2D eigenvalue weighted by Gasteiger charge is -2.34. The van der Waals surface area contributed by atoms with Crippen LogP contribution < -0.4 is 0 Å². The van der Waals surface area contributed by atoms with E-state index in [9.17, 15) is 13.5 Å². The van der Waals surface area contributed by atoms with Gasteiger partial charge in [-0.05, 0) is 0 Å². The minimum Gasteiger partial charge on any atom is -0.388 e. The first-order valence-electron chi connectivity index (χ1n) is 3.85. The number of aliphatic hydroxyl groups is 3. The zero-order valence-electron chi connectivity index (χ0n) is 7.40. The summed E-state index contributed by atoms with van der Waals surface area (Å²) in [6.45, 7) is -0.272. The van der Waals surface area contributed by atoms with Crippen molar-refractivity contribution in [2.75, 3.05) is 12.9 Å². The second-order valence-electron chi connectivity index (χ2n) is 3.05. The van der Waals surface area contributed by atoms with E-state index in [1.165, 1.54) is 0 Å². The molecular weight excluding hydrogens is 216 g/mol. The smallest absolute Gasteiger partial charge is 0.264 e. The van der Waals surface area contributed by atoms with Crippen LogP contribution in [-0.2, 0) is 19.0 Å². The summed E-state index contributed by atoms with van der Waals surface area (Å²) in [5.41, 5.74) is 0. The molecule has 0 radical (unpaired) electrons. The monoisotopic (exact) mass is 228 g/mol. The SMILES string of the molecule is CS(=O)(=O)O[C@@H]1[C@H](O)[C@H](O)CO[C@H]1O. The van der Waals surface area contributed by atoms with Crippen LogP contribution in [0.15, 0.2) is 0 Å². The van der Waals surface area contributed by atoms with Gasteiger partial charge in [-0.15, -0.1) is 0 Å². The molecule has 84 valence electrons. The van der Waals surface area contributed by atoms with Crippen LogP contribution in [0.1, 0.15) is 0 Å². The third kappa shape index (κ3) is 2.87. The molecule has 1 rings (SSSR count). The molecule has 0 aliphatic carbocycles. The average Bonchev–Trinajstić information content (AvgIpc) is 2.04. The molecule has 1 aliphatic rings. The van der Waals surface area contributed by atoms with Crippen LogP contribution in [0.3, 0.4) is 0 Å². The van der Waals surface area contributed by atoms with Crippen LogP contribution in [0.2, 0.25) is 0 Å². The number of hydrogen-bond donors (Lipinski definition) is 3.